The number of hydrogen-bond acceptors (Lipinski definition) is 11. The number of alkyl halides is 2. The maximum absolute atomic E-state index is 17.8. The molecule has 5 amide bonds. The van der Waals surface area contributed by atoms with Crippen LogP contribution in [0.4, 0.5) is 24.1 Å². The molecule has 0 radical (unpaired) electrons. The first-order valence-corrected chi connectivity index (χ1v) is 21.4. The molecule has 2 unspecified atom stereocenters. The minimum Gasteiger partial charge on any atom is -0.445 e. The molecule has 1 aromatic carbocycles. The lowest BCUT2D eigenvalue weighted by Gasteiger charge is -2.63. The van der Waals surface area contributed by atoms with E-state index in [1.807, 2.05) is 6.92 Å². The molecule has 0 bridgehead atoms. The van der Waals surface area contributed by atoms with Gasteiger partial charge in [0.25, 0.3) is 0 Å². The van der Waals surface area contributed by atoms with Gasteiger partial charge in [-0.2, -0.15) is 0 Å². The summed E-state index contributed by atoms with van der Waals surface area (Å²) in [5.74, 6) is -3.89. The third-order valence-corrected chi connectivity index (χ3v) is 14.0. The van der Waals surface area contributed by atoms with Gasteiger partial charge in [0.1, 0.15) is 18.8 Å². The second-order valence-corrected chi connectivity index (χ2v) is 18.1. The van der Waals surface area contributed by atoms with Crippen LogP contribution >= 0.6 is 0 Å². The summed E-state index contributed by atoms with van der Waals surface area (Å²) in [6, 6.07) is 3.87. The van der Waals surface area contributed by atoms with E-state index >= 15 is 8.78 Å². The fourth-order valence-electron chi connectivity index (χ4n) is 10.6. The van der Waals surface area contributed by atoms with Crippen LogP contribution in [-0.4, -0.2) is 102 Å². The van der Waals surface area contributed by atoms with Crippen LogP contribution < -0.4 is 32.7 Å². The van der Waals surface area contributed by atoms with E-state index in [0.29, 0.717) is 30.5 Å². The van der Waals surface area contributed by atoms with E-state index < -0.39 is 113 Å². The van der Waals surface area contributed by atoms with Crippen molar-refractivity contribution in [2.24, 2.45) is 40.1 Å². The number of alkyl carbamates (subject to hydrolysis) is 1. The number of ketones is 2. The number of allylic oxidation sites excluding steroid dienone is 4. The summed E-state index contributed by atoms with van der Waals surface area (Å²) in [5.41, 5.74) is 5.16. The fraction of sp³-hybridized carbons (Fsp3) is 0.636. The van der Waals surface area contributed by atoms with Crippen LogP contribution in [0.2, 0.25) is 0 Å². The molecule has 1 saturated heterocycles. The Morgan fingerprint density at radius 3 is 2.42 bits per heavy atom. The van der Waals surface area contributed by atoms with E-state index in [9.17, 15) is 33.9 Å². The number of nitrogens with one attached hydrogen (secondary N) is 4. The lowest BCUT2D eigenvalue weighted by molar-refractivity contribution is -0.233. The number of benzene rings is 1. The molecule has 62 heavy (non-hydrogen) atoms. The summed E-state index contributed by atoms with van der Waals surface area (Å²) >= 11 is 0. The number of fused-ring (bicyclic) bond motifs is 7. The van der Waals surface area contributed by atoms with Crippen LogP contribution in [0, 0.1) is 28.6 Å². The zero-order valence-corrected chi connectivity index (χ0v) is 35.8. The van der Waals surface area contributed by atoms with Crippen LogP contribution in [0.1, 0.15) is 85.1 Å². The zero-order valence-electron chi connectivity index (χ0n) is 35.8. The standard InChI is InChI=1S/C44H60F2N6O10/c1-6-8-35-61-34-19-27-28-18-30(45)29-17-26(53)14-15-41(29,4)43(28,46)32(54)20-42(27,5)44(34,62-35)33(55)21-50-40(59)60-22-24-10-12-25(13-11-24)51-37(56)31(9-7-16-49-39(48)58)52-38(57)36(47)23(2)3/h10-15,17,23,27-28,30-32,34-36,54H,6-9,16,18-22,47H2,1-5H3,(H,50,59)(H,51,56)(H,52,57)(H3,48,49,58)/t27-,28-,30-,31-,32-,34+,35?,36?,41-,42-,43-,44+/m0/s1. The summed E-state index contributed by atoms with van der Waals surface area (Å²) in [4.78, 5) is 76.7. The van der Waals surface area contributed by atoms with Gasteiger partial charge in [0.05, 0.1) is 24.8 Å². The number of urea groups is 1. The topological polar surface area (TPSA) is 250 Å². The molecule has 1 aliphatic heterocycles. The van der Waals surface area contributed by atoms with Crippen molar-refractivity contribution in [1.82, 2.24) is 16.0 Å². The molecule has 0 spiro atoms. The Morgan fingerprint density at radius 2 is 1.76 bits per heavy atom. The molecular formula is C44H60F2N6O10. The minimum absolute atomic E-state index is 0.000708. The van der Waals surface area contributed by atoms with Crippen LogP contribution in [0.5, 0.6) is 0 Å². The number of aliphatic hydroxyl groups excluding tert-OH is 1. The molecular weight excluding hydrogens is 811 g/mol. The Balaban J connectivity index is 1.09. The van der Waals surface area contributed by atoms with Crippen molar-refractivity contribution in [3.8, 4) is 0 Å². The molecule has 340 valence electrons. The van der Waals surface area contributed by atoms with E-state index in [4.69, 9.17) is 25.7 Å². The van der Waals surface area contributed by atoms with Gasteiger partial charge in [-0.3, -0.25) is 19.2 Å². The second-order valence-electron chi connectivity index (χ2n) is 18.1. The molecule has 4 fully saturated rings. The number of rotatable bonds is 16. The van der Waals surface area contributed by atoms with Crippen LogP contribution in [0.25, 0.3) is 0 Å². The maximum atomic E-state index is 17.8. The van der Waals surface area contributed by atoms with E-state index in [0.717, 1.165) is 6.08 Å². The largest absolute Gasteiger partial charge is 0.445 e. The first-order valence-electron chi connectivity index (χ1n) is 21.4. The number of primary amides is 1. The normalized spacial score (nSPS) is 34.1. The molecule has 16 nitrogen and oxygen atoms in total. The molecule has 4 aliphatic carbocycles. The molecule has 1 heterocycles. The third kappa shape index (κ3) is 8.38. The summed E-state index contributed by atoms with van der Waals surface area (Å²) in [7, 11) is 0. The van der Waals surface area contributed by atoms with Gasteiger partial charge < -0.3 is 52.1 Å². The number of Topliss-reactive ketones (excluding diaryl/α,β-unsaturated/α-hetero) is 1. The van der Waals surface area contributed by atoms with Crippen LogP contribution in [0.3, 0.4) is 0 Å². The van der Waals surface area contributed by atoms with Gasteiger partial charge >= 0.3 is 12.1 Å². The quantitative estimate of drug-likeness (QED) is 0.118. The van der Waals surface area contributed by atoms with Crippen LogP contribution in [-0.2, 0) is 40.0 Å². The highest BCUT2D eigenvalue weighted by Gasteiger charge is 2.80. The lowest BCUT2D eigenvalue weighted by atomic mass is 9.44. The van der Waals surface area contributed by atoms with Crippen molar-refractivity contribution in [3.63, 3.8) is 0 Å². The maximum Gasteiger partial charge on any atom is 0.407 e. The average molecular weight is 871 g/mol. The van der Waals surface area contributed by atoms with Crippen molar-refractivity contribution < 1.29 is 56.9 Å². The van der Waals surface area contributed by atoms with E-state index in [1.165, 1.54) is 19.1 Å². The summed E-state index contributed by atoms with van der Waals surface area (Å²) in [6.07, 6.45) is -0.844. The Labute approximate surface area is 359 Å². The molecule has 9 N–H and O–H groups in total. The Bertz CT molecular complexity index is 1980. The number of amides is 5. The summed E-state index contributed by atoms with van der Waals surface area (Å²) in [5, 5.41) is 22.2. The predicted octanol–water partition coefficient (Wildman–Crippen LogP) is 3.55. The van der Waals surface area contributed by atoms with E-state index in [-0.39, 0.29) is 50.3 Å². The van der Waals surface area contributed by atoms with Gasteiger partial charge in [-0.05, 0) is 92.7 Å². The molecule has 0 aromatic heterocycles. The molecule has 12 atom stereocenters. The smallest absolute Gasteiger partial charge is 0.407 e. The SMILES string of the molecule is CCCC1O[C@@H]2C[C@H]3[C@@H]4C[C@H](F)C5=CC(=O)C=C[C@]5(C)[C@@]4(F)[C@@H](O)C[C@]3(C)[C@]2(C(=O)CNC(=O)OCc2ccc(NC(=O)[C@H](CCCNC(N)=O)NC(=O)C(N)C(C)C)cc2)O1. The summed E-state index contributed by atoms with van der Waals surface area (Å²) in [6.45, 7) is 8.21. The highest BCUT2D eigenvalue weighted by molar-refractivity contribution is 6.01. The van der Waals surface area contributed by atoms with Crippen molar-refractivity contribution in [1.29, 1.82) is 0 Å². The molecule has 5 aliphatic rings. The highest BCUT2D eigenvalue weighted by Crippen LogP contribution is 2.72. The van der Waals surface area contributed by atoms with Gasteiger partial charge in [0, 0.05) is 29.0 Å². The van der Waals surface area contributed by atoms with Gasteiger partial charge in [0.15, 0.2) is 29.1 Å². The van der Waals surface area contributed by atoms with E-state index in [1.54, 1.807) is 45.0 Å². The zero-order chi connectivity index (χ0) is 45.4. The molecule has 3 saturated carbocycles. The summed E-state index contributed by atoms with van der Waals surface area (Å²) < 4.78 is 52.1. The average Bonchev–Trinajstić information content (AvgIpc) is 3.70. The van der Waals surface area contributed by atoms with Gasteiger partial charge in [0.2, 0.25) is 11.8 Å². The predicted molar refractivity (Wildman–Crippen MR) is 221 cm³/mol. The monoisotopic (exact) mass is 870 g/mol. The van der Waals surface area contributed by atoms with Gasteiger partial charge in [-0.15, -0.1) is 0 Å². The number of carbonyl (C=O) groups excluding carboxylic acids is 6. The lowest BCUT2D eigenvalue weighted by Crippen LogP contribution is -2.71. The van der Waals surface area contributed by atoms with Gasteiger partial charge in [-0.25, -0.2) is 18.4 Å². The van der Waals surface area contributed by atoms with Crippen molar-refractivity contribution in [2.45, 2.75) is 134 Å². The van der Waals surface area contributed by atoms with Crippen molar-refractivity contribution >= 4 is 41.2 Å². The minimum atomic E-state index is -2.35. The highest BCUT2D eigenvalue weighted by atomic mass is 19.1. The first-order chi connectivity index (χ1) is 29.2. The third-order valence-electron chi connectivity index (χ3n) is 14.0. The first kappa shape index (κ1) is 46.7. The Hall–Kier alpha value is -4.78. The van der Waals surface area contributed by atoms with Crippen LogP contribution in [0.15, 0.2) is 48.1 Å². The Kier molecular flexibility index (Phi) is 13.7. The van der Waals surface area contributed by atoms with Crippen molar-refractivity contribution in [2.75, 3.05) is 18.4 Å². The fourth-order valence-corrected chi connectivity index (χ4v) is 10.6. The molecule has 1 aromatic rings. The number of carbonyl (C=O) groups is 6. The number of anilines is 1. The van der Waals surface area contributed by atoms with Crippen molar-refractivity contribution in [3.05, 3.63) is 53.6 Å². The number of aliphatic hydroxyl groups is 1. The second kappa shape index (κ2) is 18.1. The number of nitrogens with two attached hydrogens (primary N) is 2. The van der Waals surface area contributed by atoms with E-state index in [2.05, 4.69) is 21.3 Å². The number of ether oxygens (including phenoxy) is 3. The molecule has 6 rings (SSSR count). The number of hydrogen-bond donors (Lipinski definition) is 7. The number of halogens is 2. The Morgan fingerprint density at radius 1 is 1.05 bits per heavy atom. The molecule has 18 heteroatoms. The van der Waals surface area contributed by atoms with Gasteiger partial charge in [-0.1, -0.05) is 52.3 Å².